The predicted molar refractivity (Wildman–Crippen MR) is 156 cm³/mol. The molecule has 1 atom stereocenters. The fraction of sp³-hybridized carbons (Fsp3) is 0.296. The highest BCUT2D eigenvalue weighted by Gasteiger charge is 2.26. The Morgan fingerprint density at radius 3 is 2.59 bits per heavy atom. The third-order valence-corrected chi connectivity index (χ3v) is 8.89. The molecular formula is C27H30N4O5S3. The van der Waals surface area contributed by atoms with E-state index in [9.17, 15) is 18.0 Å². The SMILES string of the molecule is CCCCn1c(S[C@H](C)C(=O)Nc2scc(-c3ccccc3)c2C(=O)OCC)nc2cc(S(N)(=O)=O)ccc21. The van der Waals surface area contributed by atoms with Crippen molar-refractivity contribution in [1.82, 2.24) is 9.55 Å². The zero-order valence-electron chi connectivity index (χ0n) is 21.8. The number of esters is 1. The number of thiophene rings is 1. The van der Waals surface area contributed by atoms with Gasteiger partial charge in [-0.2, -0.15) is 0 Å². The number of aryl methyl sites for hydroxylation is 1. The number of anilines is 1. The van der Waals surface area contributed by atoms with Crippen molar-refractivity contribution >= 4 is 61.0 Å². The largest absolute Gasteiger partial charge is 0.462 e. The summed E-state index contributed by atoms with van der Waals surface area (Å²) in [6.45, 7) is 6.45. The van der Waals surface area contributed by atoms with Crippen LogP contribution in [0.1, 0.15) is 44.0 Å². The van der Waals surface area contributed by atoms with Gasteiger partial charge in [-0.05, 0) is 44.0 Å². The molecule has 0 unspecified atom stereocenters. The van der Waals surface area contributed by atoms with E-state index in [2.05, 4.69) is 17.2 Å². The first-order valence-corrected chi connectivity index (χ1v) is 15.8. The zero-order chi connectivity index (χ0) is 28.2. The molecule has 0 saturated heterocycles. The molecule has 0 aliphatic carbocycles. The topological polar surface area (TPSA) is 133 Å². The fourth-order valence-corrected chi connectivity index (χ4v) is 6.44. The third kappa shape index (κ3) is 6.52. The summed E-state index contributed by atoms with van der Waals surface area (Å²) in [7, 11) is -3.88. The van der Waals surface area contributed by atoms with E-state index in [-0.39, 0.29) is 17.4 Å². The van der Waals surface area contributed by atoms with Crippen LogP contribution >= 0.6 is 23.1 Å². The maximum Gasteiger partial charge on any atom is 0.341 e. The van der Waals surface area contributed by atoms with E-state index in [4.69, 9.17) is 9.88 Å². The van der Waals surface area contributed by atoms with Crippen LogP contribution in [0.25, 0.3) is 22.2 Å². The molecule has 2 aromatic heterocycles. The van der Waals surface area contributed by atoms with E-state index < -0.39 is 21.2 Å². The number of thioether (sulfide) groups is 1. The number of nitrogens with two attached hydrogens (primary N) is 1. The Labute approximate surface area is 235 Å². The van der Waals surface area contributed by atoms with Gasteiger partial charge in [0.1, 0.15) is 10.6 Å². The quantitative estimate of drug-likeness (QED) is 0.175. The van der Waals surface area contributed by atoms with Crippen LogP contribution in [0.5, 0.6) is 0 Å². The van der Waals surface area contributed by atoms with Gasteiger partial charge in [-0.15, -0.1) is 11.3 Å². The highest BCUT2D eigenvalue weighted by molar-refractivity contribution is 8.00. The van der Waals surface area contributed by atoms with E-state index in [0.29, 0.717) is 33.3 Å². The summed E-state index contributed by atoms with van der Waals surface area (Å²) in [5, 5.41) is 10.5. The molecule has 0 radical (unpaired) electrons. The Kier molecular flexibility index (Phi) is 9.11. The van der Waals surface area contributed by atoms with Gasteiger partial charge >= 0.3 is 5.97 Å². The summed E-state index contributed by atoms with van der Waals surface area (Å²) in [4.78, 5) is 30.8. The number of nitrogens with zero attached hydrogens (tertiary/aromatic N) is 2. The van der Waals surface area contributed by atoms with Gasteiger partial charge in [0, 0.05) is 17.5 Å². The number of aromatic nitrogens is 2. The van der Waals surface area contributed by atoms with Crippen molar-refractivity contribution in [1.29, 1.82) is 0 Å². The number of ether oxygens (including phenoxy) is 1. The molecule has 0 saturated carbocycles. The lowest BCUT2D eigenvalue weighted by Crippen LogP contribution is -2.23. The van der Waals surface area contributed by atoms with Crippen molar-refractivity contribution < 1.29 is 22.7 Å². The molecule has 1 amide bonds. The minimum absolute atomic E-state index is 0.0177. The maximum absolute atomic E-state index is 13.3. The van der Waals surface area contributed by atoms with Crippen LogP contribution in [0.2, 0.25) is 0 Å². The lowest BCUT2D eigenvalue weighted by Gasteiger charge is -2.14. The Morgan fingerprint density at radius 2 is 1.92 bits per heavy atom. The molecule has 3 N–H and O–H groups in total. The number of hydrogen-bond donors (Lipinski definition) is 2. The molecule has 12 heteroatoms. The molecule has 4 aromatic rings. The van der Waals surface area contributed by atoms with Gasteiger partial charge in [0.25, 0.3) is 0 Å². The number of rotatable bonds is 11. The van der Waals surface area contributed by atoms with Gasteiger partial charge in [0.05, 0.1) is 27.8 Å². The third-order valence-electron chi connectivity index (χ3n) is 5.99. The van der Waals surface area contributed by atoms with Gasteiger partial charge in [0.15, 0.2) is 5.16 Å². The molecule has 0 fully saturated rings. The lowest BCUT2D eigenvalue weighted by atomic mass is 10.0. The van der Waals surface area contributed by atoms with Crippen molar-refractivity contribution in [3.63, 3.8) is 0 Å². The second kappa shape index (κ2) is 12.3. The van der Waals surface area contributed by atoms with Crippen LogP contribution in [0.3, 0.4) is 0 Å². The summed E-state index contributed by atoms with van der Waals surface area (Å²) < 4.78 is 31.0. The molecule has 206 valence electrons. The highest BCUT2D eigenvalue weighted by Crippen LogP contribution is 2.37. The van der Waals surface area contributed by atoms with Crippen LogP contribution in [-0.2, 0) is 26.1 Å². The molecule has 2 heterocycles. The van der Waals surface area contributed by atoms with Crippen LogP contribution in [-0.4, -0.2) is 41.7 Å². The maximum atomic E-state index is 13.3. The molecule has 0 aliphatic rings. The number of imidazole rings is 1. The van der Waals surface area contributed by atoms with E-state index >= 15 is 0 Å². The van der Waals surface area contributed by atoms with Crippen molar-refractivity contribution in [2.75, 3.05) is 11.9 Å². The Balaban J connectivity index is 1.62. The van der Waals surface area contributed by atoms with Crippen molar-refractivity contribution in [3.8, 4) is 11.1 Å². The average Bonchev–Trinajstić information content (AvgIpc) is 3.48. The summed E-state index contributed by atoms with van der Waals surface area (Å²) in [5.41, 5.74) is 3.12. The number of unbranched alkanes of at least 4 members (excludes halogenated alkanes) is 1. The first-order valence-electron chi connectivity index (χ1n) is 12.5. The normalized spacial score (nSPS) is 12.4. The summed E-state index contributed by atoms with van der Waals surface area (Å²) in [5.74, 6) is -0.799. The van der Waals surface area contributed by atoms with Crippen LogP contribution < -0.4 is 10.5 Å². The number of primary sulfonamides is 1. The highest BCUT2D eigenvalue weighted by atomic mass is 32.2. The Hall–Kier alpha value is -3.19. The Morgan fingerprint density at radius 1 is 1.18 bits per heavy atom. The van der Waals surface area contributed by atoms with Crippen molar-refractivity contribution in [2.24, 2.45) is 5.14 Å². The fourth-order valence-electron chi connectivity index (χ4n) is 4.00. The van der Waals surface area contributed by atoms with Crippen LogP contribution in [0.4, 0.5) is 5.00 Å². The van der Waals surface area contributed by atoms with Gasteiger partial charge in [-0.1, -0.05) is 55.4 Å². The van der Waals surface area contributed by atoms with Crippen molar-refractivity contribution in [2.45, 2.75) is 55.5 Å². The van der Waals surface area contributed by atoms with E-state index in [1.54, 1.807) is 19.9 Å². The smallest absolute Gasteiger partial charge is 0.341 e. The standard InChI is InChI=1S/C27H30N4O5S3/c1-4-6-14-31-22-13-12-19(39(28,34)35)15-21(22)29-27(31)38-17(3)24(32)30-25-23(26(33)36-5-2)20(16-37-25)18-10-8-7-9-11-18/h7-13,15-17H,4-6,14H2,1-3H3,(H,30,32)(H2,28,34,35)/t17-/m1/s1. The van der Waals surface area contributed by atoms with E-state index in [1.807, 2.05) is 40.3 Å². The molecule has 0 aliphatic heterocycles. The predicted octanol–water partition coefficient (Wildman–Crippen LogP) is 5.51. The van der Waals surface area contributed by atoms with E-state index in [0.717, 1.165) is 23.9 Å². The minimum atomic E-state index is -3.88. The molecule has 39 heavy (non-hydrogen) atoms. The number of amides is 1. The number of benzene rings is 2. The molecule has 2 aromatic carbocycles. The number of fused-ring (bicyclic) bond motifs is 1. The van der Waals surface area contributed by atoms with Crippen LogP contribution in [0.15, 0.2) is 64.0 Å². The number of carbonyl (C=O) groups excluding carboxylic acids is 2. The molecule has 0 bridgehead atoms. The van der Waals surface area contributed by atoms with Crippen LogP contribution in [0, 0.1) is 0 Å². The molecule has 9 nitrogen and oxygen atoms in total. The second-order valence-electron chi connectivity index (χ2n) is 8.78. The van der Waals surface area contributed by atoms with Gasteiger partial charge in [-0.25, -0.2) is 23.3 Å². The molecule has 4 rings (SSSR count). The first kappa shape index (κ1) is 28.8. The van der Waals surface area contributed by atoms with E-state index in [1.165, 1.54) is 35.2 Å². The lowest BCUT2D eigenvalue weighted by molar-refractivity contribution is -0.115. The molecular weight excluding hydrogens is 557 g/mol. The minimum Gasteiger partial charge on any atom is -0.462 e. The monoisotopic (exact) mass is 586 g/mol. The van der Waals surface area contributed by atoms with Crippen molar-refractivity contribution in [3.05, 3.63) is 59.5 Å². The number of carbonyl (C=O) groups is 2. The van der Waals surface area contributed by atoms with Gasteiger partial charge in [-0.3, -0.25) is 4.79 Å². The average molecular weight is 587 g/mol. The van der Waals surface area contributed by atoms with Gasteiger partial charge in [0.2, 0.25) is 15.9 Å². The Bertz CT molecular complexity index is 1600. The van der Waals surface area contributed by atoms with Gasteiger partial charge < -0.3 is 14.6 Å². The molecule has 0 spiro atoms. The summed E-state index contributed by atoms with van der Waals surface area (Å²) in [6.07, 6.45) is 1.84. The summed E-state index contributed by atoms with van der Waals surface area (Å²) in [6, 6.07) is 14.1. The zero-order valence-corrected chi connectivity index (χ0v) is 24.3. The summed E-state index contributed by atoms with van der Waals surface area (Å²) >= 11 is 2.53. The number of sulfonamides is 1. The first-order chi connectivity index (χ1) is 18.6. The second-order valence-corrected chi connectivity index (χ2v) is 12.5. The number of hydrogen-bond acceptors (Lipinski definition) is 8. The number of nitrogens with one attached hydrogen (secondary N) is 1.